The number of hydrogen-bond acceptors (Lipinski definition) is 4. The molecule has 2 aromatic heterocycles. The van der Waals surface area contributed by atoms with E-state index in [-0.39, 0.29) is 5.69 Å². The van der Waals surface area contributed by atoms with E-state index in [0.29, 0.717) is 11.3 Å². The number of imidazole rings is 1. The van der Waals surface area contributed by atoms with Gasteiger partial charge in [-0.1, -0.05) is 0 Å². The number of fused-ring (bicyclic) bond motifs is 1. The third-order valence-electron chi connectivity index (χ3n) is 1.68. The van der Waals surface area contributed by atoms with Crippen molar-refractivity contribution in [1.29, 1.82) is 0 Å². The summed E-state index contributed by atoms with van der Waals surface area (Å²) >= 11 is 0. The molecule has 2 aromatic rings. The molecule has 0 saturated heterocycles. The molecule has 66 valence electrons. The zero-order chi connectivity index (χ0) is 9.42. The lowest BCUT2D eigenvalue weighted by molar-refractivity contribution is 0.0993. The van der Waals surface area contributed by atoms with Crippen LogP contribution in [0.2, 0.25) is 0 Å². The molecule has 2 heterocycles. The minimum atomic E-state index is -0.578. The zero-order valence-electron chi connectivity index (χ0n) is 6.64. The molecule has 0 saturated carbocycles. The smallest absolute Gasteiger partial charge is 0.269 e. The van der Waals surface area contributed by atoms with Gasteiger partial charge in [-0.3, -0.25) is 4.79 Å². The molecule has 0 aliphatic carbocycles. The molecule has 0 aromatic carbocycles. The summed E-state index contributed by atoms with van der Waals surface area (Å²) in [5.41, 5.74) is 11.8. The monoisotopic (exact) mass is 177 g/mol. The van der Waals surface area contributed by atoms with Gasteiger partial charge in [0.15, 0.2) is 5.65 Å². The summed E-state index contributed by atoms with van der Waals surface area (Å²) in [5, 5.41) is 3.90. The first-order valence-electron chi connectivity index (χ1n) is 3.58. The Bertz CT molecular complexity index is 475. The van der Waals surface area contributed by atoms with Crippen molar-refractivity contribution in [2.75, 3.05) is 5.73 Å². The molecule has 6 nitrogen and oxygen atoms in total. The minimum absolute atomic E-state index is 0.224. The first-order chi connectivity index (χ1) is 6.20. The molecule has 0 unspecified atom stereocenters. The second-order valence-corrected chi connectivity index (χ2v) is 2.53. The SMILES string of the molecule is NC(=O)c1cnc2c(N)ccnn12. The van der Waals surface area contributed by atoms with Crippen LogP contribution in [0.5, 0.6) is 0 Å². The van der Waals surface area contributed by atoms with Crippen LogP contribution < -0.4 is 11.5 Å². The van der Waals surface area contributed by atoms with E-state index < -0.39 is 5.91 Å². The predicted octanol–water partition coefficient (Wildman–Crippen LogP) is -0.590. The molecule has 0 aliphatic heterocycles. The second-order valence-electron chi connectivity index (χ2n) is 2.53. The van der Waals surface area contributed by atoms with E-state index >= 15 is 0 Å². The number of anilines is 1. The number of primary amides is 1. The van der Waals surface area contributed by atoms with Crippen LogP contribution in [0.3, 0.4) is 0 Å². The van der Waals surface area contributed by atoms with Crippen molar-refractivity contribution in [2.45, 2.75) is 0 Å². The van der Waals surface area contributed by atoms with Crippen LogP contribution in [0.1, 0.15) is 10.5 Å². The van der Waals surface area contributed by atoms with Gasteiger partial charge in [0.25, 0.3) is 5.91 Å². The van der Waals surface area contributed by atoms with Gasteiger partial charge in [0.1, 0.15) is 5.69 Å². The van der Waals surface area contributed by atoms with E-state index in [2.05, 4.69) is 10.1 Å². The average molecular weight is 177 g/mol. The summed E-state index contributed by atoms with van der Waals surface area (Å²) in [4.78, 5) is 14.8. The lowest BCUT2D eigenvalue weighted by Gasteiger charge is -1.96. The van der Waals surface area contributed by atoms with Gasteiger partial charge in [-0.05, 0) is 6.07 Å². The van der Waals surface area contributed by atoms with Crippen LogP contribution >= 0.6 is 0 Å². The molecule has 6 heteroatoms. The Hall–Kier alpha value is -2.11. The Labute approximate surface area is 73.2 Å². The van der Waals surface area contributed by atoms with Crippen molar-refractivity contribution < 1.29 is 4.79 Å². The van der Waals surface area contributed by atoms with Crippen LogP contribution in [0.25, 0.3) is 5.65 Å². The number of nitrogens with two attached hydrogens (primary N) is 2. The van der Waals surface area contributed by atoms with E-state index in [1.807, 2.05) is 0 Å². The Morgan fingerprint density at radius 2 is 2.31 bits per heavy atom. The fourth-order valence-corrected chi connectivity index (χ4v) is 1.08. The predicted molar refractivity (Wildman–Crippen MR) is 45.9 cm³/mol. The van der Waals surface area contributed by atoms with Gasteiger partial charge in [-0.2, -0.15) is 5.10 Å². The standard InChI is InChI=1S/C7H7N5O/c8-4-1-2-11-12-5(6(9)13)3-10-7(4)12/h1-3H,8H2,(H2,9,13). The molecule has 13 heavy (non-hydrogen) atoms. The number of nitrogens with zero attached hydrogens (tertiary/aromatic N) is 3. The minimum Gasteiger partial charge on any atom is -0.396 e. The third kappa shape index (κ3) is 0.994. The van der Waals surface area contributed by atoms with Gasteiger partial charge < -0.3 is 11.5 Å². The number of aromatic nitrogens is 3. The van der Waals surface area contributed by atoms with Crippen LogP contribution in [-0.4, -0.2) is 20.5 Å². The highest BCUT2D eigenvalue weighted by atomic mass is 16.1. The number of amides is 1. The van der Waals surface area contributed by atoms with Crippen LogP contribution in [-0.2, 0) is 0 Å². The van der Waals surface area contributed by atoms with E-state index in [9.17, 15) is 4.79 Å². The summed E-state index contributed by atoms with van der Waals surface area (Å²) in [6, 6.07) is 1.60. The molecule has 0 aliphatic rings. The van der Waals surface area contributed by atoms with Gasteiger partial charge in [0, 0.05) is 0 Å². The zero-order valence-corrected chi connectivity index (χ0v) is 6.64. The molecule has 0 fully saturated rings. The third-order valence-corrected chi connectivity index (χ3v) is 1.68. The summed E-state index contributed by atoms with van der Waals surface area (Å²) in [7, 11) is 0. The second kappa shape index (κ2) is 2.44. The summed E-state index contributed by atoms with van der Waals surface area (Å²) in [6.45, 7) is 0. The molecule has 2 rings (SSSR count). The molecular formula is C7H7N5O. The fourth-order valence-electron chi connectivity index (χ4n) is 1.08. The Balaban J connectivity index is 2.83. The van der Waals surface area contributed by atoms with Crippen molar-refractivity contribution in [3.8, 4) is 0 Å². The van der Waals surface area contributed by atoms with Crippen LogP contribution in [0.15, 0.2) is 18.5 Å². The van der Waals surface area contributed by atoms with Gasteiger partial charge >= 0.3 is 0 Å². The lowest BCUT2D eigenvalue weighted by Crippen LogP contribution is -2.14. The number of rotatable bonds is 1. The van der Waals surface area contributed by atoms with Crippen molar-refractivity contribution >= 4 is 17.2 Å². The topological polar surface area (TPSA) is 99.3 Å². The summed E-state index contributed by atoms with van der Waals surface area (Å²) < 4.78 is 1.32. The molecule has 0 bridgehead atoms. The van der Waals surface area contributed by atoms with Gasteiger partial charge in [-0.15, -0.1) is 0 Å². The van der Waals surface area contributed by atoms with E-state index in [1.54, 1.807) is 6.07 Å². The highest BCUT2D eigenvalue weighted by Crippen LogP contribution is 2.10. The molecule has 1 amide bonds. The van der Waals surface area contributed by atoms with Crippen molar-refractivity contribution in [1.82, 2.24) is 14.6 Å². The average Bonchev–Trinajstić information content (AvgIpc) is 2.48. The van der Waals surface area contributed by atoms with E-state index in [4.69, 9.17) is 11.5 Å². The summed E-state index contributed by atoms with van der Waals surface area (Å²) in [5.74, 6) is -0.578. The van der Waals surface area contributed by atoms with Crippen molar-refractivity contribution in [3.63, 3.8) is 0 Å². The highest BCUT2D eigenvalue weighted by Gasteiger charge is 2.10. The van der Waals surface area contributed by atoms with Crippen molar-refractivity contribution in [3.05, 3.63) is 24.2 Å². The van der Waals surface area contributed by atoms with E-state index in [0.717, 1.165) is 0 Å². The maximum atomic E-state index is 10.9. The Morgan fingerprint density at radius 3 is 3.00 bits per heavy atom. The van der Waals surface area contributed by atoms with E-state index in [1.165, 1.54) is 16.9 Å². The Morgan fingerprint density at radius 1 is 1.54 bits per heavy atom. The highest BCUT2D eigenvalue weighted by molar-refractivity contribution is 5.92. The number of carbonyl (C=O) groups excluding carboxylic acids is 1. The van der Waals surface area contributed by atoms with Crippen LogP contribution in [0, 0.1) is 0 Å². The van der Waals surface area contributed by atoms with Gasteiger partial charge in [0.2, 0.25) is 0 Å². The molecule has 0 radical (unpaired) electrons. The maximum Gasteiger partial charge on any atom is 0.269 e. The number of nitrogen functional groups attached to an aromatic ring is 1. The maximum absolute atomic E-state index is 10.9. The van der Waals surface area contributed by atoms with Gasteiger partial charge in [0.05, 0.1) is 18.1 Å². The number of hydrogen-bond donors (Lipinski definition) is 2. The Kier molecular flexibility index (Phi) is 1.42. The van der Waals surface area contributed by atoms with Crippen molar-refractivity contribution in [2.24, 2.45) is 5.73 Å². The molecular weight excluding hydrogens is 170 g/mol. The van der Waals surface area contributed by atoms with Gasteiger partial charge in [-0.25, -0.2) is 9.50 Å². The first-order valence-corrected chi connectivity index (χ1v) is 3.58. The quantitative estimate of drug-likeness (QED) is 0.608. The molecule has 0 atom stereocenters. The number of carbonyl (C=O) groups is 1. The summed E-state index contributed by atoms with van der Waals surface area (Å²) in [6.07, 6.45) is 2.83. The first kappa shape index (κ1) is 7.53. The van der Waals surface area contributed by atoms with Crippen LogP contribution in [0.4, 0.5) is 5.69 Å². The normalized spacial score (nSPS) is 10.5. The largest absolute Gasteiger partial charge is 0.396 e. The molecule has 4 N–H and O–H groups in total. The lowest BCUT2D eigenvalue weighted by atomic mass is 10.4. The molecule has 0 spiro atoms. The fraction of sp³-hybridized carbons (Fsp3) is 0.